The van der Waals surface area contributed by atoms with Crippen LogP contribution in [0.25, 0.3) is 0 Å². The van der Waals surface area contributed by atoms with Gasteiger partial charge in [0.15, 0.2) is 0 Å². The molecule has 0 saturated carbocycles. The maximum absolute atomic E-state index is 6.14. The fourth-order valence-corrected chi connectivity index (χ4v) is 2.59. The van der Waals surface area contributed by atoms with Crippen LogP contribution >= 0.6 is 27.5 Å². The van der Waals surface area contributed by atoms with Gasteiger partial charge in [-0.2, -0.15) is 0 Å². The Balaban J connectivity index is 2.14. The highest BCUT2D eigenvalue weighted by Crippen LogP contribution is 2.29. The summed E-state index contributed by atoms with van der Waals surface area (Å²) in [5, 5.41) is 0.833. The zero-order valence-corrected chi connectivity index (χ0v) is 12.0. The van der Waals surface area contributed by atoms with Gasteiger partial charge in [-0.25, -0.2) is 0 Å². The molecule has 0 fully saturated rings. The Morgan fingerprint density at radius 1 is 1.12 bits per heavy atom. The molecule has 1 atom stereocenters. The Kier molecular flexibility index (Phi) is 4.25. The molecule has 0 N–H and O–H groups in total. The number of hydrogen-bond acceptors (Lipinski definition) is 0. The van der Waals surface area contributed by atoms with Crippen LogP contribution in [-0.4, -0.2) is 0 Å². The van der Waals surface area contributed by atoms with Crippen molar-refractivity contribution < 1.29 is 0 Å². The molecule has 0 heterocycles. The van der Waals surface area contributed by atoms with E-state index in [1.165, 1.54) is 11.1 Å². The molecular formula is C15H14BrCl. The van der Waals surface area contributed by atoms with Gasteiger partial charge in [0.25, 0.3) is 0 Å². The first-order valence-corrected chi connectivity index (χ1v) is 6.90. The van der Waals surface area contributed by atoms with Gasteiger partial charge in [-0.3, -0.25) is 0 Å². The molecule has 17 heavy (non-hydrogen) atoms. The monoisotopic (exact) mass is 308 g/mol. The van der Waals surface area contributed by atoms with E-state index in [0.29, 0.717) is 4.83 Å². The molecule has 0 aliphatic rings. The lowest BCUT2D eigenvalue weighted by molar-refractivity contribution is 0.948. The summed E-state index contributed by atoms with van der Waals surface area (Å²) < 4.78 is 0. The van der Waals surface area contributed by atoms with E-state index in [4.69, 9.17) is 11.6 Å². The average Bonchev–Trinajstić information content (AvgIpc) is 2.34. The Morgan fingerprint density at radius 3 is 2.47 bits per heavy atom. The van der Waals surface area contributed by atoms with Crippen LogP contribution in [0.1, 0.15) is 21.5 Å². The molecule has 0 amide bonds. The predicted octanol–water partition coefficient (Wildman–Crippen LogP) is 5.33. The third kappa shape index (κ3) is 3.34. The molecule has 2 rings (SSSR count). The quantitative estimate of drug-likeness (QED) is 0.672. The summed E-state index contributed by atoms with van der Waals surface area (Å²) in [6, 6.07) is 16.7. The molecule has 0 radical (unpaired) electrons. The van der Waals surface area contributed by atoms with Gasteiger partial charge in [0.1, 0.15) is 0 Å². The summed E-state index contributed by atoms with van der Waals surface area (Å²) >= 11 is 9.86. The zero-order chi connectivity index (χ0) is 12.3. The lowest BCUT2D eigenvalue weighted by atomic mass is 10.0. The summed E-state index contributed by atoms with van der Waals surface area (Å²) in [4.78, 5) is 0.308. The Morgan fingerprint density at radius 2 is 1.82 bits per heavy atom. The van der Waals surface area contributed by atoms with Crippen molar-refractivity contribution in [2.24, 2.45) is 0 Å². The van der Waals surface area contributed by atoms with Crippen molar-refractivity contribution in [3.05, 3.63) is 70.2 Å². The van der Waals surface area contributed by atoms with Gasteiger partial charge in [-0.15, -0.1) is 0 Å². The molecule has 0 aliphatic carbocycles. The van der Waals surface area contributed by atoms with Gasteiger partial charge < -0.3 is 0 Å². The predicted molar refractivity (Wildman–Crippen MR) is 78.0 cm³/mol. The van der Waals surface area contributed by atoms with Gasteiger partial charge in [-0.1, -0.05) is 70.0 Å². The van der Waals surface area contributed by atoms with E-state index >= 15 is 0 Å². The minimum absolute atomic E-state index is 0.308. The van der Waals surface area contributed by atoms with E-state index in [-0.39, 0.29) is 0 Å². The minimum atomic E-state index is 0.308. The number of halogens is 2. The van der Waals surface area contributed by atoms with E-state index < -0.39 is 0 Å². The van der Waals surface area contributed by atoms with E-state index in [2.05, 4.69) is 52.3 Å². The Hall–Kier alpha value is -0.790. The molecule has 2 aromatic carbocycles. The van der Waals surface area contributed by atoms with Crippen LogP contribution in [0.2, 0.25) is 5.02 Å². The Labute approximate surface area is 116 Å². The van der Waals surface area contributed by atoms with E-state index in [1.54, 1.807) is 0 Å². The highest BCUT2D eigenvalue weighted by molar-refractivity contribution is 9.09. The smallest absolute Gasteiger partial charge is 0.0438 e. The van der Waals surface area contributed by atoms with Gasteiger partial charge in [-0.05, 0) is 36.1 Å². The standard InChI is InChI=1S/C15H14BrCl/c1-11-7-8-13(10-15(11)17)14(16)9-12-5-3-2-4-6-12/h2-8,10,14H,9H2,1H3. The molecule has 0 aliphatic heterocycles. The largest absolute Gasteiger partial charge is 0.0840 e. The molecule has 0 aromatic heterocycles. The first kappa shape index (κ1) is 12.7. The van der Waals surface area contributed by atoms with Crippen LogP contribution in [0, 0.1) is 6.92 Å². The number of rotatable bonds is 3. The van der Waals surface area contributed by atoms with Crippen molar-refractivity contribution in [2.75, 3.05) is 0 Å². The van der Waals surface area contributed by atoms with Gasteiger partial charge >= 0.3 is 0 Å². The van der Waals surface area contributed by atoms with E-state index in [1.807, 2.05) is 19.1 Å². The molecule has 2 aromatic rings. The summed E-state index contributed by atoms with van der Waals surface area (Å²) in [7, 11) is 0. The van der Waals surface area contributed by atoms with E-state index in [0.717, 1.165) is 17.0 Å². The molecule has 1 unspecified atom stereocenters. The lowest BCUT2D eigenvalue weighted by Gasteiger charge is -2.11. The third-order valence-corrected chi connectivity index (χ3v) is 4.07. The first-order chi connectivity index (χ1) is 8.16. The molecule has 2 heteroatoms. The van der Waals surface area contributed by atoms with Crippen LogP contribution in [0.5, 0.6) is 0 Å². The van der Waals surface area contributed by atoms with Crippen molar-refractivity contribution >= 4 is 27.5 Å². The molecule has 88 valence electrons. The average molecular weight is 310 g/mol. The van der Waals surface area contributed by atoms with Gasteiger partial charge in [0, 0.05) is 9.85 Å². The van der Waals surface area contributed by atoms with Gasteiger partial charge in [0.2, 0.25) is 0 Å². The molecule has 0 saturated heterocycles. The van der Waals surface area contributed by atoms with E-state index in [9.17, 15) is 0 Å². The molecule has 0 spiro atoms. The van der Waals surface area contributed by atoms with Crippen molar-refractivity contribution in [1.82, 2.24) is 0 Å². The van der Waals surface area contributed by atoms with Crippen LogP contribution in [0.15, 0.2) is 48.5 Å². The number of hydrogen-bond donors (Lipinski definition) is 0. The zero-order valence-electron chi connectivity index (χ0n) is 9.66. The molecule has 0 nitrogen and oxygen atoms in total. The van der Waals surface area contributed by atoms with Crippen molar-refractivity contribution in [3.8, 4) is 0 Å². The SMILES string of the molecule is Cc1ccc(C(Br)Cc2ccccc2)cc1Cl. The minimum Gasteiger partial charge on any atom is -0.0840 e. The summed E-state index contributed by atoms with van der Waals surface area (Å²) in [5.74, 6) is 0. The van der Waals surface area contributed by atoms with Crippen LogP contribution in [0.3, 0.4) is 0 Å². The van der Waals surface area contributed by atoms with Crippen molar-refractivity contribution in [3.63, 3.8) is 0 Å². The van der Waals surface area contributed by atoms with Crippen LogP contribution in [-0.2, 0) is 6.42 Å². The number of alkyl halides is 1. The summed E-state index contributed by atoms with van der Waals surface area (Å²) in [6.07, 6.45) is 0.972. The normalized spacial score (nSPS) is 12.4. The molecule has 0 bridgehead atoms. The van der Waals surface area contributed by atoms with Crippen molar-refractivity contribution in [1.29, 1.82) is 0 Å². The maximum Gasteiger partial charge on any atom is 0.0438 e. The first-order valence-electron chi connectivity index (χ1n) is 5.61. The topological polar surface area (TPSA) is 0 Å². The second-order valence-corrected chi connectivity index (χ2v) is 5.68. The fraction of sp³-hybridized carbons (Fsp3) is 0.200. The second-order valence-electron chi connectivity index (χ2n) is 4.17. The highest BCUT2D eigenvalue weighted by Gasteiger charge is 2.09. The fourth-order valence-electron chi connectivity index (χ4n) is 1.74. The second kappa shape index (κ2) is 5.70. The number of benzene rings is 2. The number of aryl methyl sites for hydroxylation is 1. The highest BCUT2D eigenvalue weighted by atomic mass is 79.9. The summed E-state index contributed by atoms with van der Waals surface area (Å²) in [6.45, 7) is 2.02. The van der Waals surface area contributed by atoms with Crippen molar-refractivity contribution in [2.45, 2.75) is 18.2 Å². The lowest BCUT2D eigenvalue weighted by Crippen LogP contribution is -1.95. The van der Waals surface area contributed by atoms with Gasteiger partial charge in [0.05, 0.1) is 0 Å². The maximum atomic E-state index is 6.14. The Bertz CT molecular complexity index is 494. The third-order valence-electron chi connectivity index (χ3n) is 2.82. The van der Waals surface area contributed by atoms with Crippen LogP contribution < -0.4 is 0 Å². The van der Waals surface area contributed by atoms with Crippen LogP contribution in [0.4, 0.5) is 0 Å². The summed E-state index contributed by atoms with van der Waals surface area (Å²) in [5.41, 5.74) is 3.67. The molecular weight excluding hydrogens is 296 g/mol.